The molecule has 0 heterocycles. The van der Waals surface area contributed by atoms with Crippen molar-refractivity contribution in [1.82, 2.24) is 0 Å². The van der Waals surface area contributed by atoms with Crippen molar-refractivity contribution < 1.29 is 5.11 Å². The van der Waals surface area contributed by atoms with E-state index in [-0.39, 0.29) is 0 Å². The average molecular weight is 187 g/mol. The Morgan fingerprint density at radius 2 is 2.07 bits per heavy atom. The van der Waals surface area contributed by atoms with Crippen molar-refractivity contribution in [1.29, 1.82) is 5.26 Å². The molecule has 0 aliphatic carbocycles. The van der Waals surface area contributed by atoms with Crippen LogP contribution in [0.5, 0.6) is 0 Å². The molecule has 1 rings (SSSR count). The van der Waals surface area contributed by atoms with Gasteiger partial charge >= 0.3 is 0 Å². The number of hydrogen-bond donors (Lipinski definition) is 1. The SMILES string of the molecule is C=CC[C@](C)(O)c1ccc(C#N)cc1. The highest BCUT2D eigenvalue weighted by atomic mass is 16.3. The van der Waals surface area contributed by atoms with Gasteiger partial charge in [-0.3, -0.25) is 0 Å². The Bertz CT molecular complexity index is 357. The van der Waals surface area contributed by atoms with Crippen LogP contribution in [-0.2, 0) is 5.60 Å². The zero-order valence-electron chi connectivity index (χ0n) is 8.20. The summed E-state index contributed by atoms with van der Waals surface area (Å²) in [4.78, 5) is 0. The van der Waals surface area contributed by atoms with Crippen LogP contribution in [0.25, 0.3) is 0 Å². The van der Waals surface area contributed by atoms with Crippen LogP contribution >= 0.6 is 0 Å². The van der Waals surface area contributed by atoms with Gasteiger partial charge in [0, 0.05) is 0 Å². The second kappa shape index (κ2) is 4.08. The Kier molecular flexibility index (Phi) is 3.06. The van der Waals surface area contributed by atoms with Crippen molar-refractivity contribution >= 4 is 0 Å². The molecule has 0 saturated heterocycles. The minimum absolute atomic E-state index is 0.499. The van der Waals surface area contributed by atoms with E-state index in [0.29, 0.717) is 12.0 Å². The lowest BCUT2D eigenvalue weighted by Crippen LogP contribution is -2.19. The molecule has 0 saturated carbocycles. The van der Waals surface area contributed by atoms with Crippen molar-refractivity contribution in [3.05, 3.63) is 48.0 Å². The lowest BCUT2D eigenvalue weighted by atomic mass is 9.92. The third kappa shape index (κ3) is 2.21. The van der Waals surface area contributed by atoms with Gasteiger partial charge in [-0.2, -0.15) is 5.26 Å². The van der Waals surface area contributed by atoms with Crippen molar-refractivity contribution in [3.63, 3.8) is 0 Å². The molecule has 0 radical (unpaired) electrons. The van der Waals surface area contributed by atoms with Crippen LogP contribution in [0.4, 0.5) is 0 Å². The number of nitrogens with zero attached hydrogens (tertiary/aromatic N) is 1. The first kappa shape index (κ1) is 10.5. The summed E-state index contributed by atoms with van der Waals surface area (Å²) in [7, 11) is 0. The van der Waals surface area contributed by atoms with E-state index in [4.69, 9.17) is 5.26 Å². The molecule has 1 N–H and O–H groups in total. The van der Waals surface area contributed by atoms with Gasteiger partial charge in [0.25, 0.3) is 0 Å². The van der Waals surface area contributed by atoms with Crippen molar-refractivity contribution in [2.24, 2.45) is 0 Å². The summed E-state index contributed by atoms with van der Waals surface area (Å²) >= 11 is 0. The van der Waals surface area contributed by atoms with E-state index in [0.717, 1.165) is 5.56 Å². The number of hydrogen-bond acceptors (Lipinski definition) is 2. The molecule has 0 aliphatic rings. The Morgan fingerprint density at radius 3 is 2.50 bits per heavy atom. The van der Waals surface area contributed by atoms with Crippen LogP contribution in [-0.4, -0.2) is 5.11 Å². The van der Waals surface area contributed by atoms with Gasteiger partial charge in [-0.15, -0.1) is 6.58 Å². The number of aliphatic hydroxyl groups is 1. The van der Waals surface area contributed by atoms with Crippen LogP contribution in [0.15, 0.2) is 36.9 Å². The van der Waals surface area contributed by atoms with Gasteiger partial charge in [-0.1, -0.05) is 18.2 Å². The second-order valence-electron chi connectivity index (χ2n) is 3.46. The molecule has 2 nitrogen and oxygen atoms in total. The highest BCUT2D eigenvalue weighted by Crippen LogP contribution is 2.24. The summed E-state index contributed by atoms with van der Waals surface area (Å²) in [6.45, 7) is 5.32. The highest BCUT2D eigenvalue weighted by Gasteiger charge is 2.20. The molecule has 0 bridgehead atoms. The predicted octanol–water partition coefficient (Wildman–Crippen LogP) is 2.34. The van der Waals surface area contributed by atoms with Gasteiger partial charge in [0.2, 0.25) is 0 Å². The van der Waals surface area contributed by atoms with Crippen LogP contribution in [0.3, 0.4) is 0 Å². The summed E-state index contributed by atoms with van der Waals surface area (Å²) < 4.78 is 0. The summed E-state index contributed by atoms with van der Waals surface area (Å²) in [5.74, 6) is 0. The number of nitriles is 1. The van der Waals surface area contributed by atoms with Crippen molar-refractivity contribution in [3.8, 4) is 6.07 Å². The van der Waals surface area contributed by atoms with Gasteiger partial charge in [0.15, 0.2) is 0 Å². The molecule has 72 valence electrons. The molecule has 0 unspecified atom stereocenters. The number of rotatable bonds is 3. The average Bonchev–Trinajstić information content (AvgIpc) is 2.18. The van der Waals surface area contributed by atoms with E-state index in [1.165, 1.54) is 0 Å². The standard InChI is InChI=1S/C12H13NO/c1-3-8-12(2,14)11-6-4-10(9-13)5-7-11/h3-7,14H,1,8H2,2H3/t12-/m0/s1. The van der Waals surface area contributed by atoms with Gasteiger partial charge < -0.3 is 5.11 Å². The Balaban J connectivity index is 2.97. The maximum Gasteiger partial charge on any atom is 0.0991 e. The topological polar surface area (TPSA) is 44.0 Å². The molecule has 1 aromatic rings. The first-order valence-corrected chi connectivity index (χ1v) is 4.44. The van der Waals surface area contributed by atoms with Gasteiger partial charge in [-0.05, 0) is 31.0 Å². The van der Waals surface area contributed by atoms with Crippen LogP contribution in [0.1, 0.15) is 24.5 Å². The van der Waals surface area contributed by atoms with Gasteiger partial charge in [-0.25, -0.2) is 0 Å². The largest absolute Gasteiger partial charge is 0.385 e. The molecule has 14 heavy (non-hydrogen) atoms. The molecule has 2 heteroatoms. The van der Waals surface area contributed by atoms with Gasteiger partial charge in [0.1, 0.15) is 0 Å². The fourth-order valence-corrected chi connectivity index (χ4v) is 1.30. The maximum absolute atomic E-state index is 10.00. The van der Waals surface area contributed by atoms with E-state index >= 15 is 0 Å². The molecular formula is C12H13NO. The molecule has 0 aromatic heterocycles. The highest BCUT2D eigenvalue weighted by molar-refractivity contribution is 5.33. The smallest absolute Gasteiger partial charge is 0.0991 e. The van der Waals surface area contributed by atoms with E-state index < -0.39 is 5.60 Å². The number of benzene rings is 1. The fraction of sp³-hybridized carbons (Fsp3) is 0.250. The van der Waals surface area contributed by atoms with Crippen molar-refractivity contribution in [2.45, 2.75) is 18.9 Å². The van der Waals surface area contributed by atoms with E-state index in [2.05, 4.69) is 6.58 Å². The summed E-state index contributed by atoms with van der Waals surface area (Å²) in [6, 6.07) is 8.97. The third-order valence-electron chi connectivity index (χ3n) is 2.18. The monoisotopic (exact) mass is 187 g/mol. The van der Waals surface area contributed by atoms with E-state index in [1.807, 2.05) is 6.07 Å². The van der Waals surface area contributed by atoms with Crippen LogP contribution in [0.2, 0.25) is 0 Å². The van der Waals surface area contributed by atoms with E-state index in [1.54, 1.807) is 37.3 Å². The predicted molar refractivity (Wildman–Crippen MR) is 55.5 cm³/mol. The fourth-order valence-electron chi connectivity index (χ4n) is 1.30. The normalized spacial score (nSPS) is 14.1. The summed E-state index contributed by atoms with van der Waals surface area (Å²) in [5, 5.41) is 18.6. The summed E-state index contributed by atoms with van der Waals surface area (Å²) in [5.41, 5.74) is 0.509. The van der Waals surface area contributed by atoms with Gasteiger partial charge in [0.05, 0.1) is 17.2 Å². The zero-order chi connectivity index (χ0) is 10.6. The molecular weight excluding hydrogens is 174 g/mol. The third-order valence-corrected chi connectivity index (χ3v) is 2.18. The quantitative estimate of drug-likeness (QED) is 0.738. The van der Waals surface area contributed by atoms with Crippen molar-refractivity contribution in [2.75, 3.05) is 0 Å². The Labute approximate surface area is 84.1 Å². The lowest BCUT2D eigenvalue weighted by molar-refractivity contribution is 0.0606. The van der Waals surface area contributed by atoms with E-state index in [9.17, 15) is 5.11 Å². The Hall–Kier alpha value is -1.59. The molecule has 0 amide bonds. The van der Waals surface area contributed by atoms with Crippen LogP contribution in [0, 0.1) is 11.3 Å². The maximum atomic E-state index is 10.00. The lowest BCUT2D eigenvalue weighted by Gasteiger charge is -2.21. The molecule has 1 atom stereocenters. The molecule has 0 fully saturated rings. The summed E-state index contributed by atoms with van der Waals surface area (Å²) in [6.07, 6.45) is 2.18. The second-order valence-corrected chi connectivity index (χ2v) is 3.46. The minimum Gasteiger partial charge on any atom is -0.385 e. The first-order valence-electron chi connectivity index (χ1n) is 4.44. The molecule has 0 aliphatic heterocycles. The molecule has 1 aromatic carbocycles. The Morgan fingerprint density at radius 1 is 1.50 bits per heavy atom. The minimum atomic E-state index is -0.893. The first-order chi connectivity index (χ1) is 6.60. The molecule has 0 spiro atoms. The zero-order valence-corrected chi connectivity index (χ0v) is 8.20. The van der Waals surface area contributed by atoms with Crippen LogP contribution < -0.4 is 0 Å².